The number of aromatic nitrogens is 3. The third kappa shape index (κ3) is 3.32. The van der Waals surface area contributed by atoms with Gasteiger partial charge in [-0.15, -0.1) is 0 Å². The summed E-state index contributed by atoms with van der Waals surface area (Å²) < 4.78 is 5.21. The molecule has 0 aliphatic carbocycles. The van der Waals surface area contributed by atoms with E-state index >= 15 is 0 Å². The zero-order valence-electron chi connectivity index (χ0n) is 14.4. The molecular formula is C21H18N4O. The average Bonchev–Trinajstić information content (AvgIpc) is 2.73. The maximum absolute atomic E-state index is 5.21. The van der Waals surface area contributed by atoms with Crippen LogP contribution in [0, 0.1) is 0 Å². The number of benzene rings is 1. The van der Waals surface area contributed by atoms with Crippen molar-refractivity contribution in [1.29, 1.82) is 0 Å². The predicted molar refractivity (Wildman–Crippen MR) is 103 cm³/mol. The minimum atomic E-state index is 0.667. The first-order valence-electron chi connectivity index (χ1n) is 8.36. The molecule has 5 heteroatoms. The van der Waals surface area contributed by atoms with Crippen LogP contribution in [0.5, 0.6) is 5.75 Å². The molecular weight excluding hydrogens is 324 g/mol. The van der Waals surface area contributed by atoms with Crippen LogP contribution in [0.25, 0.3) is 22.2 Å². The van der Waals surface area contributed by atoms with Gasteiger partial charge in [0.15, 0.2) is 0 Å². The first-order chi connectivity index (χ1) is 12.8. The summed E-state index contributed by atoms with van der Waals surface area (Å²) in [5.74, 6) is 1.67. The summed E-state index contributed by atoms with van der Waals surface area (Å²) in [7, 11) is 1.67. The molecule has 0 aliphatic rings. The zero-order chi connectivity index (χ0) is 17.8. The van der Waals surface area contributed by atoms with Crippen LogP contribution in [-0.2, 0) is 6.54 Å². The van der Waals surface area contributed by atoms with E-state index in [1.807, 2.05) is 54.6 Å². The van der Waals surface area contributed by atoms with Crippen molar-refractivity contribution in [2.24, 2.45) is 0 Å². The molecule has 0 unspecified atom stereocenters. The van der Waals surface area contributed by atoms with Crippen LogP contribution in [0.3, 0.4) is 0 Å². The molecule has 1 aromatic carbocycles. The molecule has 4 aromatic rings. The normalized spacial score (nSPS) is 10.7. The fourth-order valence-corrected chi connectivity index (χ4v) is 2.81. The molecule has 0 fully saturated rings. The number of nitrogens with one attached hydrogen (secondary N) is 1. The van der Waals surface area contributed by atoms with Crippen LogP contribution in [-0.4, -0.2) is 22.1 Å². The summed E-state index contributed by atoms with van der Waals surface area (Å²) in [4.78, 5) is 13.4. The van der Waals surface area contributed by atoms with Gasteiger partial charge in [0.2, 0.25) is 0 Å². The number of ether oxygens (including phenoxy) is 1. The fraction of sp³-hybridized carbons (Fsp3) is 0.0952. The highest BCUT2D eigenvalue weighted by Gasteiger charge is 2.08. The van der Waals surface area contributed by atoms with Gasteiger partial charge in [-0.3, -0.25) is 9.97 Å². The summed E-state index contributed by atoms with van der Waals surface area (Å²) in [6.07, 6.45) is 5.33. The Morgan fingerprint density at radius 1 is 0.962 bits per heavy atom. The Morgan fingerprint density at radius 2 is 1.77 bits per heavy atom. The Morgan fingerprint density at radius 3 is 2.54 bits per heavy atom. The Bertz CT molecular complexity index is 1020. The van der Waals surface area contributed by atoms with E-state index in [1.165, 1.54) is 0 Å². The standard InChI is InChI=1S/C21H18N4O/c1-26-17-6-4-15(5-7-17)14-24-21-18-3-2-10-23-20(18)13-19(25-21)16-8-11-22-12-9-16/h2-13H,14H2,1H3,(H,24,25). The van der Waals surface area contributed by atoms with Gasteiger partial charge in [-0.25, -0.2) is 4.98 Å². The van der Waals surface area contributed by atoms with Gasteiger partial charge >= 0.3 is 0 Å². The van der Waals surface area contributed by atoms with Gasteiger partial charge in [-0.05, 0) is 48.0 Å². The third-order valence-electron chi connectivity index (χ3n) is 4.19. The number of fused-ring (bicyclic) bond motifs is 1. The van der Waals surface area contributed by atoms with Crippen molar-refractivity contribution >= 4 is 16.7 Å². The molecule has 5 nitrogen and oxygen atoms in total. The second kappa shape index (κ2) is 7.19. The van der Waals surface area contributed by atoms with Gasteiger partial charge in [0.25, 0.3) is 0 Å². The Labute approximate surface area is 151 Å². The summed E-state index contributed by atoms with van der Waals surface area (Å²) in [6.45, 7) is 0.667. The lowest BCUT2D eigenvalue weighted by molar-refractivity contribution is 0.414. The van der Waals surface area contributed by atoms with Crippen molar-refractivity contribution in [1.82, 2.24) is 15.0 Å². The number of anilines is 1. The molecule has 0 bridgehead atoms. The highest BCUT2D eigenvalue weighted by Crippen LogP contribution is 2.26. The predicted octanol–water partition coefficient (Wildman–Crippen LogP) is 4.31. The smallest absolute Gasteiger partial charge is 0.136 e. The molecule has 4 rings (SSSR count). The molecule has 0 amide bonds. The van der Waals surface area contributed by atoms with Crippen LogP contribution in [0.4, 0.5) is 5.82 Å². The van der Waals surface area contributed by atoms with Crippen molar-refractivity contribution in [3.63, 3.8) is 0 Å². The highest BCUT2D eigenvalue weighted by molar-refractivity contribution is 5.91. The van der Waals surface area contributed by atoms with E-state index in [1.54, 1.807) is 25.7 Å². The zero-order valence-corrected chi connectivity index (χ0v) is 14.4. The van der Waals surface area contributed by atoms with Gasteiger partial charge in [-0.2, -0.15) is 0 Å². The molecule has 3 aromatic heterocycles. The molecule has 0 radical (unpaired) electrons. The minimum Gasteiger partial charge on any atom is -0.497 e. The van der Waals surface area contributed by atoms with Crippen molar-refractivity contribution in [3.05, 3.63) is 78.8 Å². The lowest BCUT2D eigenvalue weighted by Crippen LogP contribution is -2.03. The first-order valence-corrected chi connectivity index (χ1v) is 8.36. The van der Waals surface area contributed by atoms with Crippen LogP contribution in [0.1, 0.15) is 5.56 Å². The molecule has 0 spiro atoms. The van der Waals surface area contributed by atoms with Crippen LogP contribution >= 0.6 is 0 Å². The Balaban J connectivity index is 1.68. The highest BCUT2D eigenvalue weighted by atomic mass is 16.5. The van der Waals surface area contributed by atoms with E-state index in [2.05, 4.69) is 15.3 Å². The molecule has 0 aliphatic heterocycles. The molecule has 0 atom stereocenters. The van der Waals surface area contributed by atoms with Crippen molar-refractivity contribution < 1.29 is 4.74 Å². The van der Waals surface area contributed by atoms with E-state index in [0.717, 1.165) is 39.3 Å². The number of hydrogen-bond acceptors (Lipinski definition) is 5. The van der Waals surface area contributed by atoms with Gasteiger partial charge in [-0.1, -0.05) is 12.1 Å². The monoisotopic (exact) mass is 342 g/mol. The van der Waals surface area contributed by atoms with Crippen LogP contribution in [0.15, 0.2) is 73.2 Å². The first kappa shape index (κ1) is 16.0. The molecule has 26 heavy (non-hydrogen) atoms. The van der Waals surface area contributed by atoms with Crippen molar-refractivity contribution in [3.8, 4) is 17.0 Å². The Hall–Kier alpha value is -3.47. The topological polar surface area (TPSA) is 59.9 Å². The summed E-state index contributed by atoms with van der Waals surface area (Å²) in [5.41, 5.74) is 3.95. The van der Waals surface area contributed by atoms with Crippen molar-refractivity contribution in [2.75, 3.05) is 12.4 Å². The Kier molecular flexibility index (Phi) is 4.43. The largest absolute Gasteiger partial charge is 0.497 e. The quantitative estimate of drug-likeness (QED) is 0.585. The third-order valence-corrected chi connectivity index (χ3v) is 4.19. The second-order valence-corrected chi connectivity index (χ2v) is 5.86. The van der Waals surface area contributed by atoms with Gasteiger partial charge in [0.05, 0.1) is 18.3 Å². The number of hydrogen-bond donors (Lipinski definition) is 1. The molecule has 128 valence electrons. The van der Waals surface area contributed by atoms with Gasteiger partial charge < -0.3 is 10.1 Å². The minimum absolute atomic E-state index is 0.667. The van der Waals surface area contributed by atoms with E-state index in [-0.39, 0.29) is 0 Å². The van der Waals surface area contributed by atoms with Crippen molar-refractivity contribution in [2.45, 2.75) is 6.54 Å². The second-order valence-electron chi connectivity index (χ2n) is 5.86. The number of nitrogens with zero attached hydrogens (tertiary/aromatic N) is 3. The van der Waals surface area contributed by atoms with E-state index in [9.17, 15) is 0 Å². The maximum Gasteiger partial charge on any atom is 0.136 e. The van der Waals surface area contributed by atoms with E-state index in [0.29, 0.717) is 6.54 Å². The van der Waals surface area contributed by atoms with E-state index in [4.69, 9.17) is 9.72 Å². The molecule has 0 saturated heterocycles. The SMILES string of the molecule is COc1ccc(CNc2nc(-c3ccncc3)cc3ncccc23)cc1. The number of pyridine rings is 3. The maximum atomic E-state index is 5.21. The van der Waals surface area contributed by atoms with Gasteiger partial charge in [0.1, 0.15) is 11.6 Å². The fourth-order valence-electron chi connectivity index (χ4n) is 2.81. The van der Waals surface area contributed by atoms with Gasteiger partial charge in [0, 0.05) is 36.1 Å². The van der Waals surface area contributed by atoms with E-state index < -0.39 is 0 Å². The lowest BCUT2D eigenvalue weighted by atomic mass is 10.1. The van der Waals surface area contributed by atoms with Crippen LogP contribution in [0.2, 0.25) is 0 Å². The summed E-state index contributed by atoms with van der Waals surface area (Å²) in [5, 5.41) is 4.44. The number of methoxy groups -OCH3 is 1. The lowest BCUT2D eigenvalue weighted by Gasteiger charge is -2.11. The molecule has 3 heterocycles. The number of rotatable bonds is 5. The van der Waals surface area contributed by atoms with Crippen LogP contribution < -0.4 is 10.1 Å². The molecule has 1 N–H and O–H groups in total. The summed E-state index contributed by atoms with van der Waals surface area (Å²) >= 11 is 0. The average molecular weight is 342 g/mol. The summed E-state index contributed by atoms with van der Waals surface area (Å²) in [6, 6.07) is 17.8. The molecule has 0 saturated carbocycles.